The van der Waals surface area contributed by atoms with Crippen molar-refractivity contribution < 1.29 is 4.74 Å². The highest BCUT2D eigenvalue weighted by atomic mass is 16.5. The van der Waals surface area contributed by atoms with Gasteiger partial charge >= 0.3 is 0 Å². The Labute approximate surface area is 172 Å². The van der Waals surface area contributed by atoms with E-state index in [1.165, 1.54) is 11.1 Å². The molecule has 0 atom stereocenters. The first-order valence-corrected chi connectivity index (χ1v) is 10.2. The minimum atomic E-state index is 0.560. The fourth-order valence-corrected chi connectivity index (χ4v) is 3.42. The van der Waals surface area contributed by atoms with E-state index >= 15 is 0 Å². The molecule has 0 bridgehead atoms. The first-order chi connectivity index (χ1) is 14.1. The Balaban J connectivity index is 1.49. The molecule has 1 heterocycles. The molecule has 1 aromatic heterocycles. The number of ether oxygens (including phenoxy) is 1. The number of nitrogens with one attached hydrogen (secondary N) is 1. The fourth-order valence-electron chi connectivity index (χ4n) is 3.42. The molecule has 0 radical (unpaired) electrons. The van der Waals surface area contributed by atoms with Gasteiger partial charge in [-0.1, -0.05) is 38.1 Å². The summed E-state index contributed by atoms with van der Waals surface area (Å²) in [5.41, 5.74) is 6.84. The Kier molecular flexibility index (Phi) is 5.52. The summed E-state index contributed by atoms with van der Waals surface area (Å²) in [6.45, 7) is 7.89. The highest BCUT2D eigenvalue weighted by molar-refractivity contribution is 5.81. The summed E-state index contributed by atoms with van der Waals surface area (Å²) in [5, 5.41) is 3.51. The minimum Gasteiger partial charge on any atom is -0.494 e. The Morgan fingerprint density at radius 3 is 2.41 bits per heavy atom. The van der Waals surface area contributed by atoms with Crippen LogP contribution in [0.25, 0.3) is 16.7 Å². The Morgan fingerprint density at radius 1 is 0.966 bits per heavy atom. The third-order valence-corrected chi connectivity index (χ3v) is 5.12. The summed E-state index contributed by atoms with van der Waals surface area (Å²) in [5.74, 6) is 1.44. The smallest absolute Gasteiger partial charge is 0.119 e. The van der Waals surface area contributed by atoms with Crippen molar-refractivity contribution in [2.75, 3.05) is 11.9 Å². The molecule has 0 spiro atoms. The van der Waals surface area contributed by atoms with Gasteiger partial charge in [0.15, 0.2) is 0 Å². The van der Waals surface area contributed by atoms with Gasteiger partial charge in [-0.2, -0.15) is 0 Å². The second-order valence-corrected chi connectivity index (χ2v) is 7.49. The Morgan fingerprint density at radius 2 is 1.72 bits per heavy atom. The van der Waals surface area contributed by atoms with Crippen molar-refractivity contribution in [1.29, 1.82) is 0 Å². The molecule has 0 fully saturated rings. The number of rotatable bonds is 7. The van der Waals surface area contributed by atoms with Crippen LogP contribution in [-0.4, -0.2) is 16.2 Å². The first kappa shape index (κ1) is 19.1. The van der Waals surface area contributed by atoms with E-state index in [0.717, 1.165) is 34.7 Å². The topological polar surface area (TPSA) is 39.1 Å². The van der Waals surface area contributed by atoms with Crippen LogP contribution >= 0.6 is 0 Å². The highest BCUT2D eigenvalue weighted by Gasteiger charge is 2.06. The van der Waals surface area contributed by atoms with Gasteiger partial charge in [-0.05, 0) is 66.4 Å². The molecule has 4 heteroatoms. The molecule has 3 aromatic carbocycles. The van der Waals surface area contributed by atoms with Crippen LogP contribution in [0.3, 0.4) is 0 Å². The van der Waals surface area contributed by atoms with E-state index in [1.54, 1.807) is 0 Å². The molecule has 148 valence electrons. The van der Waals surface area contributed by atoms with Crippen LogP contribution < -0.4 is 10.1 Å². The van der Waals surface area contributed by atoms with Crippen molar-refractivity contribution in [2.45, 2.75) is 33.2 Å². The second-order valence-electron chi connectivity index (χ2n) is 7.49. The van der Waals surface area contributed by atoms with Crippen LogP contribution in [0.15, 0.2) is 73.1 Å². The van der Waals surface area contributed by atoms with Crippen LogP contribution in [0.4, 0.5) is 5.69 Å². The number of aromatic nitrogens is 2. The third kappa shape index (κ3) is 4.27. The van der Waals surface area contributed by atoms with E-state index < -0.39 is 0 Å². The van der Waals surface area contributed by atoms with Gasteiger partial charge in [0, 0.05) is 17.9 Å². The van der Waals surface area contributed by atoms with Crippen LogP contribution in [0.5, 0.6) is 5.75 Å². The van der Waals surface area contributed by atoms with Crippen LogP contribution in [0.1, 0.15) is 37.8 Å². The summed E-state index contributed by atoms with van der Waals surface area (Å²) < 4.78 is 7.63. The number of imidazole rings is 1. The van der Waals surface area contributed by atoms with Gasteiger partial charge < -0.3 is 10.1 Å². The summed E-state index contributed by atoms with van der Waals surface area (Å²) in [4.78, 5) is 4.59. The second kappa shape index (κ2) is 8.39. The summed E-state index contributed by atoms with van der Waals surface area (Å²) >= 11 is 0. The number of fused-ring (bicyclic) bond motifs is 1. The average Bonchev–Trinajstić information content (AvgIpc) is 3.16. The lowest BCUT2D eigenvalue weighted by Crippen LogP contribution is -2.00. The van der Waals surface area contributed by atoms with E-state index in [-0.39, 0.29) is 0 Å². The lowest BCUT2D eigenvalue weighted by molar-refractivity contribution is 0.340. The van der Waals surface area contributed by atoms with Crippen LogP contribution in [0.2, 0.25) is 0 Å². The van der Waals surface area contributed by atoms with E-state index in [9.17, 15) is 0 Å². The first-order valence-electron chi connectivity index (χ1n) is 10.2. The van der Waals surface area contributed by atoms with Gasteiger partial charge in [-0.15, -0.1) is 0 Å². The van der Waals surface area contributed by atoms with Gasteiger partial charge in [-0.3, -0.25) is 4.57 Å². The van der Waals surface area contributed by atoms with Crippen molar-refractivity contribution >= 4 is 16.7 Å². The molecule has 0 aliphatic heterocycles. The average molecular weight is 386 g/mol. The molecule has 0 saturated carbocycles. The van der Waals surface area contributed by atoms with E-state index in [4.69, 9.17) is 4.74 Å². The maximum absolute atomic E-state index is 5.53. The summed E-state index contributed by atoms with van der Waals surface area (Å²) in [7, 11) is 0. The van der Waals surface area contributed by atoms with Crippen molar-refractivity contribution in [2.24, 2.45) is 0 Å². The molecule has 0 aliphatic rings. The molecule has 29 heavy (non-hydrogen) atoms. The number of anilines is 1. The van der Waals surface area contributed by atoms with Crippen molar-refractivity contribution in [3.8, 4) is 11.4 Å². The predicted molar refractivity (Wildman–Crippen MR) is 120 cm³/mol. The Bertz CT molecular complexity index is 1080. The molecule has 1 N–H and O–H groups in total. The molecule has 4 aromatic rings. The molecule has 0 saturated heterocycles. The number of benzene rings is 3. The maximum atomic E-state index is 5.53. The van der Waals surface area contributed by atoms with Crippen molar-refractivity contribution in [3.63, 3.8) is 0 Å². The maximum Gasteiger partial charge on any atom is 0.119 e. The zero-order chi connectivity index (χ0) is 20.2. The molecule has 4 nitrogen and oxygen atoms in total. The standard InChI is InChI=1S/C25H27N3O/c1-4-29-23-12-10-22(11-13-23)28-17-27-24-15-21(9-14-25(24)28)26-16-19-5-7-20(8-6-19)18(2)3/h5-15,17-18,26H,4,16H2,1-3H3. The Hall–Kier alpha value is -3.27. The van der Waals surface area contributed by atoms with Gasteiger partial charge in [0.2, 0.25) is 0 Å². The molecular weight excluding hydrogens is 358 g/mol. The van der Waals surface area contributed by atoms with Crippen LogP contribution in [-0.2, 0) is 6.54 Å². The van der Waals surface area contributed by atoms with E-state index in [1.807, 2.05) is 25.4 Å². The zero-order valence-corrected chi connectivity index (χ0v) is 17.2. The van der Waals surface area contributed by atoms with E-state index in [0.29, 0.717) is 12.5 Å². The van der Waals surface area contributed by atoms with Crippen molar-refractivity contribution in [1.82, 2.24) is 9.55 Å². The quantitative estimate of drug-likeness (QED) is 0.414. The monoisotopic (exact) mass is 385 g/mol. The highest BCUT2D eigenvalue weighted by Crippen LogP contribution is 2.23. The molecule has 0 unspecified atom stereocenters. The molecule has 0 amide bonds. The molecular formula is C25H27N3O. The van der Waals surface area contributed by atoms with Gasteiger partial charge in [-0.25, -0.2) is 4.98 Å². The van der Waals surface area contributed by atoms with E-state index in [2.05, 4.69) is 83.3 Å². The number of hydrogen-bond donors (Lipinski definition) is 1. The van der Waals surface area contributed by atoms with Gasteiger partial charge in [0.05, 0.1) is 17.6 Å². The lowest BCUT2D eigenvalue weighted by atomic mass is 10.0. The van der Waals surface area contributed by atoms with Gasteiger partial charge in [0.1, 0.15) is 12.1 Å². The SMILES string of the molecule is CCOc1ccc(-n2cnc3cc(NCc4ccc(C(C)C)cc4)ccc32)cc1. The lowest BCUT2D eigenvalue weighted by Gasteiger charge is -2.10. The van der Waals surface area contributed by atoms with Crippen molar-refractivity contribution in [3.05, 3.63) is 84.2 Å². The minimum absolute atomic E-state index is 0.560. The molecule has 4 rings (SSSR count). The van der Waals surface area contributed by atoms with Crippen LogP contribution in [0, 0.1) is 0 Å². The normalized spacial score (nSPS) is 11.2. The zero-order valence-electron chi connectivity index (χ0n) is 17.2. The number of nitrogens with zero attached hydrogens (tertiary/aromatic N) is 2. The summed E-state index contributed by atoms with van der Waals surface area (Å²) in [6, 6.07) is 23.2. The predicted octanol–water partition coefficient (Wildman–Crippen LogP) is 6.16. The van der Waals surface area contributed by atoms with Gasteiger partial charge in [0.25, 0.3) is 0 Å². The number of hydrogen-bond acceptors (Lipinski definition) is 3. The largest absolute Gasteiger partial charge is 0.494 e. The summed E-state index contributed by atoms with van der Waals surface area (Å²) in [6.07, 6.45) is 1.87. The fraction of sp³-hybridized carbons (Fsp3) is 0.240. The molecule has 0 aliphatic carbocycles. The third-order valence-electron chi connectivity index (χ3n) is 5.12.